The molecule has 0 saturated carbocycles. The van der Waals surface area contributed by atoms with Crippen LogP contribution in [0.3, 0.4) is 0 Å². The fraction of sp³-hybridized carbons (Fsp3) is 0.800. The highest BCUT2D eigenvalue weighted by Crippen LogP contribution is 2.21. The average molecular weight is 413 g/mol. The van der Waals surface area contributed by atoms with E-state index in [0.717, 1.165) is 25.1 Å². The highest BCUT2D eigenvalue weighted by molar-refractivity contribution is 7.91. The zero-order chi connectivity index (χ0) is 21.1. The molecule has 0 bridgehead atoms. The lowest BCUT2D eigenvalue weighted by atomic mass is 10.1. The molecule has 1 aliphatic rings. The number of nitrogens with one attached hydrogen (secondary N) is 1. The zero-order valence-corrected chi connectivity index (χ0v) is 18.9. The molecule has 0 aliphatic carbocycles. The Hall–Kier alpha value is -1.41. The van der Waals surface area contributed by atoms with E-state index < -0.39 is 15.1 Å². The van der Waals surface area contributed by atoms with Gasteiger partial charge in [0.15, 0.2) is 0 Å². The molecule has 8 heteroatoms. The number of amides is 1. The average Bonchev–Trinajstić information content (AvgIpc) is 3.18. The predicted molar refractivity (Wildman–Crippen MR) is 111 cm³/mol. The molecule has 2 rings (SSSR count). The monoisotopic (exact) mass is 412 g/mol. The molecule has 1 fully saturated rings. The molecule has 0 unspecified atom stereocenters. The van der Waals surface area contributed by atoms with Gasteiger partial charge in [-0.3, -0.25) is 9.69 Å². The smallest absolute Gasteiger partial charge is 0.228 e. The fourth-order valence-electron chi connectivity index (χ4n) is 3.35. The summed E-state index contributed by atoms with van der Waals surface area (Å²) >= 11 is 0. The maximum absolute atomic E-state index is 12.8. The number of carbonyl (C=O) groups is 1. The maximum Gasteiger partial charge on any atom is 0.228 e. The first-order valence-corrected chi connectivity index (χ1v) is 11.9. The molecule has 1 aliphatic heterocycles. The van der Waals surface area contributed by atoms with Crippen molar-refractivity contribution in [2.75, 3.05) is 6.54 Å². The van der Waals surface area contributed by atoms with Crippen molar-refractivity contribution in [3.63, 3.8) is 0 Å². The third kappa shape index (κ3) is 5.56. The number of carbonyl (C=O) groups excluding carboxylic acids is 1. The topological polar surface area (TPSA) is 84.3 Å². The summed E-state index contributed by atoms with van der Waals surface area (Å²) in [5, 5.41) is 2.70. The number of hydrogen-bond donors (Lipinski definition) is 1. The molecule has 2 heterocycles. The van der Waals surface area contributed by atoms with Gasteiger partial charge in [-0.2, -0.15) is 0 Å². The van der Waals surface area contributed by atoms with Gasteiger partial charge in [-0.1, -0.05) is 13.8 Å². The number of rotatable bonds is 10. The van der Waals surface area contributed by atoms with E-state index in [0.29, 0.717) is 25.4 Å². The summed E-state index contributed by atoms with van der Waals surface area (Å²) in [6.07, 6.45) is 4.03. The minimum atomic E-state index is -3.44. The molecule has 1 aromatic heterocycles. The molecule has 28 heavy (non-hydrogen) atoms. The van der Waals surface area contributed by atoms with Crippen LogP contribution in [0.4, 0.5) is 0 Å². The first-order chi connectivity index (χ1) is 13.0. The standard InChI is InChI=1S/C20H36N4O3S/c1-14(2)9-10-24-18(11-21-20(24)28(26,27)16(5)6)13-23(15(3)4)12-17-7-8-19(25)22-17/h11,14-17H,7-10,12-13H2,1-6H3,(H,22,25)/t17-/m0/s1. The van der Waals surface area contributed by atoms with Crippen molar-refractivity contribution >= 4 is 15.7 Å². The van der Waals surface area contributed by atoms with E-state index in [1.54, 1.807) is 20.0 Å². The minimum Gasteiger partial charge on any atom is -0.352 e. The Morgan fingerprint density at radius 2 is 1.93 bits per heavy atom. The van der Waals surface area contributed by atoms with Crippen LogP contribution in [0.25, 0.3) is 0 Å². The first kappa shape index (κ1) is 22.9. The molecule has 7 nitrogen and oxygen atoms in total. The molecule has 1 saturated heterocycles. The van der Waals surface area contributed by atoms with Gasteiger partial charge in [-0.25, -0.2) is 13.4 Å². The minimum absolute atomic E-state index is 0.112. The molecule has 1 atom stereocenters. The van der Waals surface area contributed by atoms with Crippen LogP contribution >= 0.6 is 0 Å². The highest BCUT2D eigenvalue weighted by Gasteiger charge is 2.29. The van der Waals surface area contributed by atoms with Gasteiger partial charge in [0, 0.05) is 38.1 Å². The van der Waals surface area contributed by atoms with E-state index >= 15 is 0 Å². The lowest BCUT2D eigenvalue weighted by molar-refractivity contribution is -0.119. The van der Waals surface area contributed by atoms with Crippen LogP contribution in [0.2, 0.25) is 0 Å². The van der Waals surface area contributed by atoms with Gasteiger partial charge in [0.2, 0.25) is 20.9 Å². The van der Waals surface area contributed by atoms with Gasteiger partial charge in [-0.05, 0) is 46.5 Å². The lowest BCUT2D eigenvalue weighted by Gasteiger charge is -2.29. The van der Waals surface area contributed by atoms with Crippen LogP contribution in [0, 0.1) is 5.92 Å². The fourth-order valence-corrected chi connectivity index (χ4v) is 4.48. The first-order valence-electron chi connectivity index (χ1n) is 10.3. The van der Waals surface area contributed by atoms with Crippen molar-refractivity contribution in [3.05, 3.63) is 11.9 Å². The highest BCUT2D eigenvalue weighted by atomic mass is 32.2. The number of imidazole rings is 1. The number of sulfone groups is 1. The Labute approximate surface area is 169 Å². The van der Waals surface area contributed by atoms with E-state index in [1.807, 2.05) is 4.57 Å². The Bertz CT molecular complexity index is 768. The summed E-state index contributed by atoms with van der Waals surface area (Å²) < 4.78 is 27.5. The van der Waals surface area contributed by atoms with E-state index in [9.17, 15) is 13.2 Å². The Morgan fingerprint density at radius 1 is 1.25 bits per heavy atom. The molecule has 1 aromatic rings. The SMILES string of the molecule is CC(C)CCn1c(CN(C[C@@H]2CCC(=O)N2)C(C)C)cnc1S(=O)(=O)C(C)C. The number of hydrogen-bond acceptors (Lipinski definition) is 5. The second-order valence-corrected chi connectivity index (χ2v) is 11.2. The molecular weight excluding hydrogens is 376 g/mol. The van der Waals surface area contributed by atoms with Crippen LogP contribution in [0.1, 0.15) is 66.5 Å². The van der Waals surface area contributed by atoms with Crippen LogP contribution in [0.15, 0.2) is 11.4 Å². The Morgan fingerprint density at radius 3 is 2.43 bits per heavy atom. The van der Waals surface area contributed by atoms with Crippen molar-refractivity contribution in [2.45, 2.75) is 96.4 Å². The van der Waals surface area contributed by atoms with E-state index in [2.05, 4.69) is 42.9 Å². The summed E-state index contributed by atoms with van der Waals surface area (Å²) in [5.41, 5.74) is 0.915. The molecule has 0 radical (unpaired) electrons. The van der Waals surface area contributed by atoms with E-state index in [-0.39, 0.29) is 23.1 Å². The van der Waals surface area contributed by atoms with Gasteiger partial charge < -0.3 is 9.88 Å². The van der Waals surface area contributed by atoms with Crippen LogP contribution in [-0.2, 0) is 27.7 Å². The molecule has 0 spiro atoms. The van der Waals surface area contributed by atoms with Gasteiger partial charge in [0.05, 0.1) is 17.1 Å². The summed E-state index contributed by atoms with van der Waals surface area (Å²) in [6, 6.07) is 0.428. The largest absolute Gasteiger partial charge is 0.352 e. The van der Waals surface area contributed by atoms with Crippen LogP contribution < -0.4 is 5.32 Å². The second kappa shape index (κ2) is 9.39. The summed E-state index contributed by atoms with van der Waals surface area (Å²) in [6.45, 7) is 13.9. The number of aromatic nitrogens is 2. The van der Waals surface area contributed by atoms with Crippen molar-refractivity contribution in [1.82, 2.24) is 19.8 Å². The summed E-state index contributed by atoms with van der Waals surface area (Å²) in [4.78, 5) is 18.1. The van der Waals surface area contributed by atoms with E-state index in [4.69, 9.17) is 0 Å². The predicted octanol–water partition coefficient (Wildman–Crippen LogP) is 2.60. The third-order valence-corrected chi connectivity index (χ3v) is 7.42. The quantitative estimate of drug-likeness (QED) is 0.638. The lowest BCUT2D eigenvalue weighted by Crippen LogP contribution is -2.42. The molecule has 0 aromatic carbocycles. The normalized spacial score (nSPS) is 18.1. The van der Waals surface area contributed by atoms with Gasteiger partial charge in [-0.15, -0.1) is 0 Å². The van der Waals surface area contributed by atoms with Crippen molar-refractivity contribution in [1.29, 1.82) is 0 Å². The second-order valence-electron chi connectivity index (χ2n) is 8.79. The van der Waals surface area contributed by atoms with Gasteiger partial charge >= 0.3 is 0 Å². The van der Waals surface area contributed by atoms with E-state index in [1.165, 1.54) is 0 Å². The molecule has 1 amide bonds. The molecule has 160 valence electrons. The zero-order valence-electron chi connectivity index (χ0n) is 18.1. The van der Waals surface area contributed by atoms with Crippen molar-refractivity contribution in [3.8, 4) is 0 Å². The maximum atomic E-state index is 12.8. The van der Waals surface area contributed by atoms with Crippen molar-refractivity contribution in [2.24, 2.45) is 5.92 Å². The third-order valence-electron chi connectivity index (χ3n) is 5.34. The Kier molecular flexibility index (Phi) is 7.67. The van der Waals surface area contributed by atoms with Crippen molar-refractivity contribution < 1.29 is 13.2 Å². The van der Waals surface area contributed by atoms with Gasteiger partial charge in [0.25, 0.3) is 0 Å². The van der Waals surface area contributed by atoms with Gasteiger partial charge in [0.1, 0.15) is 0 Å². The Balaban J connectivity index is 2.28. The molecule has 1 N–H and O–H groups in total. The van der Waals surface area contributed by atoms with Crippen LogP contribution in [0.5, 0.6) is 0 Å². The summed E-state index contributed by atoms with van der Waals surface area (Å²) in [7, 11) is -3.44. The summed E-state index contributed by atoms with van der Waals surface area (Å²) in [5.74, 6) is 0.584. The van der Waals surface area contributed by atoms with Crippen LogP contribution in [-0.4, -0.2) is 52.7 Å². The molecular formula is C20H36N4O3S. The number of nitrogens with zero attached hydrogens (tertiary/aromatic N) is 3.